The molecule has 0 aliphatic heterocycles. The molecular formula is C19H24N7+. The van der Waals surface area contributed by atoms with Gasteiger partial charge in [-0.1, -0.05) is 30.3 Å². The van der Waals surface area contributed by atoms with Crippen LogP contribution in [0.3, 0.4) is 0 Å². The molecule has 7 nitrogen and oxygen atoms in total. The lowest BCUT2D eigenvalue weighted by molar-refractivity contribution is -0.868. The molecule has 0 aliphatic rings. The smallest absolute Gasteiger partial charge is 0.167 e. The summed E-state index contributed by atoms with van der Waals surface area (Å²) in [6.45, 7) is 1.83. The highest BCUT2D eigenvalue weighted by atomic mass is 15.3. The van der Waals surface area contributed by atoms with E-state index in [2.05, 4.69) is 43.6 Å². The number of likely N-dealkylation sites (N-methyl/N-ethyl adjacent to an activating group) is 1. The Bertz CT molecular complexity index is 1050. The Morgan fingerprint density at radius 3 is 2.62 bits per heavy atom. The van der Waals surface area contributed by atoms with Crippen LogP contribution < -0.4 is 5.32 Å². The van der Waals surface area contributed by atoms with Crippen LogP contribution in [0.25, 0.3) is 28.1 Å². The molecule has 0 saturated heterocycles. The molecule has 134 valence electrons. The van der Waals surface area contributed by atoms with E-state index in [0.29, 0.717) is 0 Å². The van der Waals surface area contributed by atoms with Gasteiger partial charge < -0.3 is 14.4 Å². The van der Waals surface area contributed by atoms with E-state index in [4.69, 9.17) is 10.1 Å². The number of rotatable bonds is 5. The van der Waals surface area contributed by atoms with Crippen LogP contribution in [0.5, 0.6) is 0 Å². The minimum absolute atomic E-state index is 0.807. The van der Waals surface area contributed by atoms with Gasteiger partial charge in [0.15, 0.2) is 22.6 Å². The predicted molar refractivity (Wildman–Crippen MR) is 104 cm³/mol. The molecule has 0 fully saturated rings. The first kappa shape index (κ1) is 16.5. The van der Waals surface area contributed by atoms with Gasteiger partial charge in [-0.05, 0) is 0 Å². The van der Waals surface area contributed by atoms with Crippen molar-refractivity contribution in [3.05, 3.63) is 42.7 Å². The molecule has 0 saturated carbocycles. The second-order valence-corrected chi connectivity index (χ2v) is 7.59. The zero-order valence-corrected chi connectivity index (χ0v) is 15.6. The molecule has 3 heterocycles. The van der Waals surface area contributed by atoms with Gasteiger partial charge in [-0.2, -0.15) is 9.61 Å². The highest BCUT2D eigenvalue weighted by molar-refractivity contribution is 5.86. The van der Waals surface area contributed by atoms with Gasteiger partial charge >= 0.3 is 0 Å². The summed E-state index contributed by atoms with van der Waals surface area (Å²) < 4.78 is 4.75. The molecule has 0 bridgehead atoms. The molecule has 1 N–H and O–H groups in total. The fourth-order valence-electron chi connectivity index (χ4n) is 3.00. The number of benzene rings is 1. The number of nitrogens with one attached hydrogen (secondary N) is 1. The number of aryl methyl sites for hydroxylation is 1. The number of anilines is 1. The summed E-state index contributed by atoms with van der Waals surface area (Å²) in [5, 5.41) is 8.22. The molecule has 0 unspecified atom stereocenters. The third-order valence-electron chi connectivity index (χ3n) is 4.39. The van der Waals surface area contributed by atoms with E-state index in [1.54, 1.807) is 6.33 Å². The molecule has 0 aliphatic carbocycles. The lowest BCUT2D eigenvalue weighted by Crippen LogP contribution is -2.38. The van der Waals surface area contributed by atoms with Crippen LogP contribution in [0.2, 0.25) is 0 Å². The molecule has 0 spiro atoms. The van der Waals surface area contributed by atoms with Gasteiger partial charge in [0.05, 0.1) is 46.3 Å². The van der Waals surface area contributed by atoms with Crippen molar-refractivity contribution in [2.24, 2.45) is 7.05 Å². The van der Waals surface area contributed by atoms with E-state index in [1.807, 2.05) is 40.4 Å². The fourth-order valence-corrected chi connectivity index (χ4v) is 3.00. The topological polar surface area (TPSA) is 60.0 Å². The zero-order valence-electron chi connectivity index (χ0n) is 15.6. The number of aromatic nitrogens is 5. The van der Waals surface area contributed by atoms with Crippen molar-refractivity contribution >= 4 is 22.6 Å². The molecule has 0 radical (unpaired) electrons. The fraction of sp³-hybridized carbons (Fsp3) is 0.316. The molecule has 7 heteroatoms. The Labute approximate surface area is 152 Å². The van der Waals surface area contributed by atoms with E-state index in [1.165, 1.54) is 0 Å². The summed E-state index contributed by atoms with van der Waals surface area (Å²) in [7, 11) is 8.52. The quantitative estimate of drug-likeness (QED) is 0.562. The number of hydrogen-bond donors (Lipinski definition) is 1. The summed E-state index contributed by atoms with van der Waals surface area (Å²) in [4.78, 5) is 9.33. The van der Waals surface area contributed by atoms with Gasteiger partial charge in [0.2, 0.25) is 0 Å². The number of quaternary nitrogens is 1. The Balaban J connectivity index is 1.80. The number of imidazole rings is 1. The van der Waals surface area contributed by atoms with Crippen molar-refractivity contribution < 1.29 is 4.48 Å². The minimum Gasteiger partial charge on any atom is -0.362 e. The number of hydrogen-bond acceptors (Lipinski definition) is 4. The third-order valence-corrected chi connectivity index (χ3v) is 4.39. The standard InChI is InChI=1S/C19H24N7/c1-24-13-21-17-18(20-10-11-26(2,3)4)22-16-12-15(23-25(16)19(17)24)14-8-6-5-7-9-14/h5-9,12-13H,10-11H2,1-4H3,(H,20,22)/q+1. The second-order valence-electron chi connectivity index (χ2n) is 7.59. The predicted octanol–water partition coefficient (Wildman–Crippen LogP) is 2.40. The first-order chi connectivity index (χ1) is 12.4. The minimum atomic E-state index is 0.807. The Hall–Kier alpha value is -2.93. The Morgan fingerprint density at radius 2 is 1.88 bits per heavy atom. The molecular weight excluding hydrogens is 326 g/mol. The van der Waals surface area contributed by atoms with Gasteiger partial charge in [0.25, 0.3) is 0 Å². The molecule has 3 aromatic heterocycles. The van der Waals surface area contributed by atoms with Gasteiger partial charge in [0, 0.05) is 18.7 Å². The van der Waals surface area contributed by atoms with Crippen molar-refractivity contribution in [3.8, 4) is 11.3 Å². The molecule has 4 rings (SSSR count). The van der Waals surface area contributed by atoms with Crippen molar-refractivity contribution in [3.63, 3.8) is 0 Å². The van der Waals surface area contributed by atoms with Crippen molar-refractivity contribution in [2.45, 2.75) is 0 Å². The largest absolute Gasteiger partial charge is 0.362 e. The average Bonchev–Trinajstić information content (AvgIpc) is 3.18. The van der Waals surface area contributed by atoms with Crippen LogP contribution in [0.15, 0.2) is 42.7 Å². The Kier molecular flexibility index (Phi) is 3.88. The zero-order chi connectivity index (χ0) is 18.3. The number of fused-ring (bicyclic) bond motifs is 3. The van der Waals surface area contributed by atoms with Crippen molar-refractivity contribution in [2.75, 3.05) is 39.5 Å². The molecule has 0 atom stereocenters. The normalized spacial score (nSPS) is 12.2. The van der Waals surface area contributed by atoms with E-state index < -0.39 is 0 Å². The van der Waals surface area contributed by atoms with E-state index in [0.717, 1.165) is 51.5 Å². The van der Waals surface area contributed by atoms with Crippen LogP contribution in [0, 0.1) is 0 Å². The molecule has 26 heavy (non-hydrogen) atoms. The monoisotopic (exact) mass is 350 g/mol. The molecule has 1 aromatic carbocycles. The van der Waals surface area contributed by atoms with Crippen LogP contribution in [-0.4, -0.2) is 62.9 Å². The molecule has 4 aromatic rings. The highest BCUT2D eigenvalue weighted by Crippen LogP contribution is 2.25. The van der Waals surface area contributed by atoms with Crippen molar-refractivity contribution in [1.82, 2.24) is 24.1 Å². The summed E-state index contributed by atoms with van der Waals surface area (Å²) in [5.74, 6) is 0.807. The lowest BCUT2D eigenvalue weighted by Gasteiger charge is -2.23. The average molecular weight is 350 g/mol. The second kappa shape index (κ2) is 6.10. The summed E-state index contributed by atoms with van der Waals surface area (Å²) >= 11 is 0. The van der Waals surface area contributed by atoms with Crippen LogP contribution in [0.4, 0.5) is 5.82 Å². The molecule has 0 amide bonds. The highest BCUT2D eigenvalue weighted by Gasteiger charge is 2.16. The van der Waals surface area contributed by atoms with Gasteiger partial charge in [0.1, 0.15) is 0 Å². The maximum atomic E-state index is 4.79. The van der Waals surface area contributed by atoms with Gasteiger partial charge in [-0.3, -0.25) is 0 Å². The first-order valence-corrected chi connectivity index (χ1v) is 8.73. The first-order valence-electron chi connectivity index (χ1n) is 8.73. The maximum Gasteiger partial charge on any atom is 0.167 e. The Morgan fingerprint density at radius 1 is 1.12 bits per heavy atom. The lowest BCUT2D eigenvalue weighted by atomic mass is 10.2. The summed E-state index contributed by atoms with van der Waals surface area (Å²) in [6.07, 6.45) is 1.81. The third kappa shape index (κ3) is 3.01. The maximum absolute atomic E-state index is 4.79. The summed E-state index contributed by atoms with van der Waals surface area (Å²) in [5.41, 5.74) is 4.57. The van der Waals surface area contributed by atoms with Gasteiger partial charge in [-0.15, -0.1) is 0 Å². The summed E-state index contributed by atoms with van der Waals surface area (Å²) in [6, 6.07) is 12.2. The van der Waals surface area contributed by atoms with Gasteiger partial charge in [-0.25, -0.2) is 9.97 Å². The van der Waals surface area contributed by atoms with E-state index in [9.17, 15) is 0 Å². The van der Waals surface area contributed by atoms with Crippen molar-refractivity contribution in [1.29, 1.82) is 0 Å². The SMILES string of the molecule is Cn1cnc2c(NCC[N+](C)(C)C)nc3cc(-c4ccccc4)nn3c21. The van der Waals surface area contributed by atoms with E-state index in [-0.39, 0.29) is 0 Å². The van der Waals surface area contributed by atoms with Crippen LogP contribution in [-0.2, 0) is 7.05 Å². The number of nitrogens with zero attached hydrogens (tertiary/aromatic N) is 6. The van der Waals surface area contributed by atoms with Crippen LogP contribution >= 0.6 is 0 Å². The van der Waals surface area contributed by atoms with Crippen LogP contribution in [0.1, 0.15) is 0 Å². The van der Waals surface area contributed by atoms with E-state index >= 15 is 0 Å².